The van der Waals surface area contributed by atoms with Gasteiger partial charge < -0.3 is 4.74 Å². The van der Waals surface area contributed by atoms with Crippen molar-refractivity contribution in [1.29, 1.82) is 0 Å². The van der Waals surface area contributed by atoms with Crippen molar-refractivity contribution in [3.05, 3.63) is 48.0 Å². The lowest BCUT2D eigenvalue weighted by Gasteiger charge is -2.10. The molecule has 0 unspecified atom stereocenters. The number of hydrogen-bond acceptors (Lipinski definition) is 4. The number of esters is 1. The Bertz CT molecular complexity index is 760. The first-order chi connectivity index (χ1) is 9.65. The van der Waals surface area contributed by atoms with Crippen LogP contribution >= 0.6 is 0 Å². The van der Waals surface area contributed by atoms with Gasteiger partial charge in [0, 0.05) is 6.92 Å². The number of benzene rings is 2. The Morgan fingerprint density at radius 3 is 2.30 bits per heavy atom. The fourth-order valence-corrected chi connectivity index (χ4v) is 2.04. The summed E-state index contributed by atoms with van der Waals surface area (Å²) >= 11 is 0. The quantitative estimate of drug-likeness (QED) is 0.529. The number of carbonyl (C=O) groups is 1. The van der Waals surface area contributed by atoms with Gasteiger partial charge in [0.1, 0.15) is 16.7 Å². The Kier molecular flexibility index (Phi) is 2.95. The molecule has 0 aliphatic heterocycles. The van der Waals surface area contributed by atoms with Gasteiger partial charge in [-0.1, -0.05) is 24.3 Å². The molecule has 0 bridgehead atoms. The Balaban J connectivity index is 2.18. The minimum Gasteiger partial charge on any atom is -0.424 e. The van der Waals surface area contributed by atoms with E-state index in [1.165, 1.54) is 11.7 Å². The molecule has 100 valence electrons. The monoisotopic (exact) mass is 267 g/mol. The van der Waals surface area contributed by atoms with Gasteiger partial charge in [-0.2, -0.15) is 0 Å². The van der Waals surface area contributed by atoms with E-state index in [1.54, 1.807) is 0 Å². The summed E-state index contributed by atoms with van der Waals surface area (Å²) in [6.45, 7) is 3.26. The molecule has 1 heterocycles. The van der Waals surface area contributed by atoms with Crippen LogP contribution < -0.4 is 4.74 Å². The molecule has 5 heteroatoms. The van der Waals surface area contributed by atoms with Gasteiger partial charge in [-0.3, -0.25) is 4.79 Å². The van der Waals surface area contributed by atoms with Crippen LogP contribution in [0.15, 0.2) is 42.5 Å². The molecule has 0 spiro atoms. The van der Waals surface area contributed by atoms with E-state index in [9.17, 15) is 4.79 Å². The SMILES string of the molecule is CC(=O)Oc1c(C)cccc1-n1nc2ccccc2n1. The summed E-state index contributed by atoms with van der Waals surface area (Å²) in [7, 11) is 0. The van der Waals surface area contributed by atoms with Crippen molar-refractivity contribution in [2.75, 3.05) is 0 Å². The highest BCUT2D eigenvalue weighted by Gasteiger charge is 2.13. The molecule has 20 heavy (non-hydrogen) atoms. The molecule has 5 nitrogen and oxygen atoms in total. The molecule has 0 amide bonds. The number of nitrogens with zero attached hydrogens (tertiary/aromatic N) is 3. The van der Waals surface area contributed by atoms with E-state index in [-0.39, 0.29) is 5.97 Å². The normalized spacial score (nSPS) is 10.7. The van der Waals surface area contributed by atoms with E-state index in [1.807, 2.05) is 49.4 Å². The third kappa shape index (κ3) is 2.14. The van der Waals surface area contributed by atoms with Crippen molar-refractivity contribution in [2.45, 2.75) is 13.8 Å². The fourth-order valence-electron chi connectivity index (χ4n) is 2.04. The van der Waals surface area contributed by atoms with E-state index in [4.69, 9.17) is 4.74 Å². The molecule has 0 fully saturated rings. The van der Waals surface area contributed by atoms with Gasteiger partial charge >= 0.3 is 5.97 Å². The van der Waals surface area contributed by atoms with Crippen LogP contribution in [0.25, 0.3) is 16.7 Å². The van der Waals surface area contributed by atoms with Gasteiger partial charge in [0.05, 0.1) is 0 Å². The second-order valence-electron chi connectivity index (χ2n) is 4.49. The van der Waals surface area contributed by atoms with Crippen LogP contribution in [0.3, 0.4) is 0 Å². The van der Waals surface area contributed by atoms with Gasteiger partial charge in [-0.15, -0.1) is 15.0 Å². The van der Waals surface area contributed by atoms with Crippen LogP contribution in [0, 0.1) is 6.92 Å². The average Bonchev–Trinajstić information content (AvgIpc) is 2.84. The predicted octanol–water partition coefficient (Wildman–Crippen LogP) is 2.65. The van der Waals surface area contributed by atoms with E-state index >= 15 is 0 Å². The van der Waals surface area contributed by atoms with E-state index < -0.39 is 0 Å². The average molecular weight is 267 g/mol. The predicted molar refractivity (Wildman–Crippen MR) is 74.9 cm³/mol. The van der Waals surface area contributed by atoms with Gasteiger partial charge in [0.25, 0.3) is 0 Å². The lowest BCUT2D eigenvalue weighted by molar-refractivity contribution is -0.131. The van der Waals surface area contributed by atoms with Crippen molar-refractivity contribution in [1.82, 2.24) is 15.0 Å². The maximum Gasteiger partial charge on any atom is 0.308 e. The standard InChI is InChI=1S/C15H13N3O2/c1-10-6-5-9-14(15(10)20-11(2)19)18-16-12-7-3-4-8-13(12)17-18/h3-9H,1-2H3. The fraction of sp³-hybridized carbons (Fsp3) is 0.133. The first-order valence-corrected chi connectivity index (χ1v) is 6.25. The smallest absolute Gasteiger partial charge is 0.308 e. The first-order valence-electron chi connectivity index (χ1n) is 6.25. The van der Waals surface area contributed by atoms with Crippen LogP contribution in [-0.4, -0.2) is 21.0 Å². The van der Waals surface area contributed by atoms with E-state index in [2.05, 4.69) is 10.2 Å². The molecular weight excluding hydrogens is 254 g/mol. The summed E-state index contributed by atoms with van der Waals surface area (Å²) in [4.78, 5) is 12.7. The Hall–Kier alpha value is -2.69. The van der Waals surface area contributed by atoms with Crippen LogP contribution in [-0.2, 0) is 4.79 Å². The molecule has 0 N–H and O–H groups in total. The third-order valence-corrected chi connectivity index (χ3v) is 2.94. The molecule has 0 saturated heterocycles. The molecule has 0 radical (unpaired) electrons. The second-order valence-corrected chi connectivity index (χ2v) is 4.49. The van der Waals surface area contributed by atoms with Gasteiger partial charge in [-0.05, 0) is 30.7 Å². The molecule has 3 rings (SSSR count). The maximum absolute atomic E-state index is 11.2. The molecule has 0 saturated carbocycles. The van der Waals surface area contributed by atoms with Crippen molar-refractivity contribution in [2.24, 2.45) is 0 Å². The summed E-state index contributed by atoms with van der Waals surface area (Å²) in [6.07, 6.45) is 0. The molecule has 0 aliphatic rings. The minimum atomic E-state index is -0.364. The van der Waals surface area contributed by atoms with Gasteiger partial charge in [0.2, 0.25) is 0 Å². The first kappa shape index (κ1) is 12.3. The zero-order valence-electron chi connectivity index (χ0n) is 11.2. The number of carbonyl (C=O) groups excluding carboxylic acids is 1. The summed E-state index contributed by atoms with van der Waals surface area (Å²) in [6, 6.07) is 13.2. The highest BCUT2D eigenvalue weighted by Crippen LogP contribution is 2.27. The Labute approximate surface area is 115 Å². The number of ether oxygens (including phenoxy) is 1. The molecular formula is C15H13N3O2. The summed E-state index contributed by atoms with van der Waals surface area (Å²) in [5.74, 6) is 0.123. The van der Waals surface area contributed by atoms with E-state index in [0.717, 1.165) is 16.6 Å². The van der Waals surface area contributed by atoms with Crippen LogP contribution in [0.4, 0.5) is 0 Å². The molecule has 0 atom stereocenters. The second kappa shape index (κ2) is 4.77. The van der Waals surface area contributed by atoms with Gasteiger partial charge in [0.15, 0.2) is 5.75 Å². The van der Waals surface area contributed by atoms with Crippen molar-refractivity contribution >= 4 is 17.0 Å². The van der Waals surface area contributed by atoms with Crippen LogP contribution in [0.5, 0.6) is 5.75 Å². The summed E-state index contributed by atoms with van der Waals surface area (Å²) < 4.78 is 5.29. The number of para-hydroxylation sites is 1. The van der Waals surface area contributed by atoms with Crippen molar-refractivity contribution in [3.8, 4) is 11.4 Å². The zero-order valence-corrected chi connectivity index (χ0v) is 11.2. The molecule has 0 aliphatic carbocycles. The lowest BCUT2D eigenvalue weighted by Crippen LogP contribution is -2.08. The van der Waals surface area contributed by atoms with Crippen molar-refractivity contribution in [3.63, 3.8) is 0 Å². The lowest BCUT2D eigenvalue weighted by atomic mass is 10.2. The van der Waals surface area contributed by atoms with Crippen LogP contribution in [0.2, 0.25) is 0 Å². The van der Waals surface area contributed by atoms with Crippen LogP contribution in [0.1, 0.15) is 12.5 Å². The molecule has 3 aromatic rings. The Morgan fingerprint density at radius 2 is 1.70 bits per heavy atom. The number of aromatic nitrogens is 3. The van der Waals surface area contributed by atoms with Gasteiger partial charge in [-0.25, -0.2) is 0 Å². The van der Waals surface area contributed by atoms with E-state index in [0.29, 0.717) is 11.4 Å². The number of hydrogen-bond donors (Lipinski definition) is 0. The maximum atomic E-state index is 11.2. The topological polar surface area (TPSA) is 57.0 Å². The minimum absolute atomic E-state index is 0.364. The Morgan fingerprint density at radius 1 is 1.05 bits per heavy atom. The highest BCUT2D eigenvalue weighted by atomic mass is 16.5. The number of aryl methyl sites for hydroxylation is 1. The number of fused-ring (bicyclic) bond motifs is 1. The zero-order chi connectivity index (χ0) is 14.1. The largest absolute Gasteiger partial charge is 0.424 e. The molecule has 1 aromatic heterocycles. The number of rotatable bonds is 2. The van der Waals surface area contributed by atoms with Crippen molar-refractivity contribution < 1.29 is 9.53 Å². The summed E-state index contributed by atoms with van der Waals surface area (Å²) in [5.41, 5.74) is 3.10. The third-order valence-electron chi connectivity index (χ3n) is 2.94. The molecule has 2 aromatic carbocycles. The summed E-state index contributed by atoms with van der Waals surface area (Å²) in [5, 5.41) is 8.81. The highest BCUT2D eigenvalue weighted by molar-refractivity contribution is 5.74.